The van der Waals surface area contributed by atoms with E-state index in [0.29, 0.717) is 5.92 Å². The lowest BCUT2D eigenvalue weighted by molar-refractivity contribution is 0.268. The Morgan fingerprint density at radius 3 is 2.58 bits per heavy atom. The minimum absolute atomic E-state index is 0.194. The van der Waals surface area contributed by atoms with Crippen molar-refractivity contribution >= 4 is 12.7 Å². The number of guanidine groups is 1. The normalized spacial score (nSPS) is 19.2. The van der Waals surface area contributed by atoms with Gasteiger partial charge < -0.3 is 15.6 Å². The maximum absolute atomic E-state index is 7.22. The van der Waals surface area contributed by atoms with E-state index >= 15 is 0 Å². The van der Waals surface area contributed by atoms with Gasteiger partial charge in [-0.05, 0) is 25.5 Å². The summed E-state index contributed by atoms with van der Waals surface area (Å²) in [5.41, 5.74) is 5.36. The Kier molecular flexibility index (Phi) is 3.08. The Morgan fingerprint density at radius 2 is 2.17 bits per heavy atom. The molecular weight excluding hydrogens is 152 g/mol. The summed E-state index contributed by atoms with van der Waals surface area (Å²) < 4.78 is 0. The van der Waals surface area contributed by atoms with Crippen molar-refractivity contribution in [3.8, 4) is 0 Å². The van der Waals surface area contributed by atoms with Crippen molar-refractivity contribution in [3.63, 3.8) is 0 Å². The fourth-order valence-electron chi connectivity index (χ4n) is 1.54. The molecule has 0 aliphatic carbocycles. The molecule has 1 aliphatic heterocycles. The van der Waals surface area contributed by atoms with Crippen molar-refractivity contribution in [2.75, 3.05) is 19.6 Å². The SMILES string of the molecule is C=NCC1CCN(C(=N)N)CC1. The van der Waals surface area contributed by atoms with Crippen LogP contribution in [-0.4, -0.2) is 37.2 Å². The van der Waals surface area contributed by atoms with Gasteiger partial charge in [0.1, 0.15) is 0 Å². The molecule has 1 saturated heterocycles. The van der Waals surface area contributed by atoms with Gasteiger partial charge in [-0.3, -0.25) is 5.41 Å². The summed E-state index contributed by atoms with van der Waals surface area (Å²) >= 11 is 0. The van der Waals surface area contributed by atoms with E-state index in [9.17, 15) is 0 Å². The van der Waals surface area contributed by atoms with Gasteiger partial charge in [0.15, 0.2) is 5.96 Å². The van der Waals surface area contributed by atoms with E-state index in [-0.39, 0.29) is 5.96 Å². The van der Waals surface area contributed by atoms with E-state index < -0.39 is 0 Å². The molecule has 0 aromatic rings. The van der Waals surface area contributed by atoms with Gasteiger partial charge in [-0.2, -0.15) is 0 Å². The van der Waals surface area contributed by atoms with Crippen LogP contribution in [0.25, 0.3) is 0 Å². The number of rotatable bonds is 2. The molecule has 12 heavy (non-hydrogen) atoms. The average Bonchev–Trinajstić information content (AvgIpc) is 2.06. The van der Waals surface area contributed by atoms with Gasteiger partial charge in [-0.1, -0.05) is 0 Å². The predicted octanol–water partition coefficient (Wildman–Crippen LogP) is 0.292. The van der Waals surface area contributed by atoms with E-state index in [1.807, 2.05) is 4.90 Å². The van der Waals surface area contributed by atoms with E-state index in [4.69, 9.17) is 11.1 Å². The summed E-state index contributed by atoms with van der Waals surface area (Å²) in [4.78, 5) is 5.78. The van der Waals surface area contributed by atoms with Crippen LogP contribution in [0.2, 0.25) is 0 Å². The number of nitrogens with two attached hydrogens (primary N) is 1. The molecule has 4 heteroatoms. The molecule has 0 saturated carbocycles. The number of likely N-dealkylation sites (tertiary alicyclic amines) is 1. The zero-order chi connectivity index (χ0) is 8.97. The zero-order valence-corrected chi connectivity index (χ0v) is 7.29. The van der Waals surface area contributed by atoms with Crippen LogP contribution in [0.15, 0.2) is 4.99 Å². The number of nitrogens with zero attached hydrogens (tertiary/aromatic N) is 2. The average molecular weight is 168 g/mol. The molecule has 0 unspecified atom stereocenters. The third kappa shape index (κ3) is 2.22. The van der Waals surface area contributed by atoms with Crippen molar-refractivity contribution in [1.82, 2.24) is 4.90 Å². The van der Waals surface area contributed by atoms with Crippen LogP contribution in [0.1, 0.15) is 12.8 Å². The van der Waals surface area contributed by atoms with Gasteiger partial charge in [0, 0.05) is 19.6 Å². The summed E-state index contributed by atoms with van der Waals surface area (Å²) in [7, 11) is 0. The Balaban J connectivity index is 2.29. The number of aliphatic imine (C=N–C) groups is 1. The third-order valence-electron chi connectivity index (χ3n) is 2.34. The van der Waals surface area contributed by atoms with Crippen LogP contribution in [0.5, 0.6) is 0 Å². The first kappa shape index (κ1) is 9.03. The molecule has 0 aromatic heterocycles. The molecule has 0 amide bonds. The smallest absolute Gasteiger partial charge is 0.188 e. The third-order valence-corrected chi connectivity index (χ3v) is 2.34. The van der Waals surface area contributed by atoms with Crippen LogP contribution >= 0.6 is 0 Å². The Labute approximate surface area is 73.0 Å². The molecule has 3 N–H and O–H groups in total. The first-order valence-electron chi connectivity index (χ1n) is 4.25. The van der Waals surface area contributed by atoms with Crippen molar-refractivity contribution in [2.45, 2.75) is 12.8 Å². The summed E-state index contributed by atoms with van der Waals surface area (Å²) in [6.45, 7) is 6.13. The molecule has 0 atom stereocenters. The summed E-state index contributed by atoms with van der Waals surface area (Å²) in [6.07, 6.45) is 2.16. The molecule has 1 rings (SSSR count). The second-order valence-corrected chi connectivity index (χ2v) is 3.22. The van der Waals surface area contributed by atoms with Crippen LogP contribution in [0, 0.1) is 11.3 Å². The van der Waals surface area contributed by atoms with Crippen molar-refractivity contribution < 1.29 is 0 Å². The highest BCUT2D eigenvalue weighted by molar-refractivity contribution is 5.74. The molecule has 1 heterocycles. The van der Waals surface area contributed by atoms with Gasteiger partial charge in [-0.25, -0.2) is 0 Å². The van der Waals surface area contributed by atoms with Crippen molar-refractivity contribution in [2.24, 2.45) is 16.6 Å². The summed E-state index contributed by atoms with van der Waals surface area (Å²) in [5, 5.41) is 7.22. The van der Waals surface area contributed by atoms with E-state index in [0.717, 1.165) is 32.5 Å². The number of piperidine rings is 1. The number of nitrogens with one attached hydrogen (secondary N) is 1. The zero-order valence-electron chi connectivity index (χ0n) is 7.29. The van der Waals surface area contributed by atoms with Crippen molar-refractivity contribution in [1.29, 1.82) is 5.41 Å². The Bertz CT molecular complexity index is 170. The van der Waals surface area contributed by atoms with Crippen LogP contribution in [0.3, 0.4) is 0 Å². The van der Waals surface area contributed by atoms with Gasteiger partial charge in [0.25, 0.3) is 0 Å². The standard InChI is InChI=1S/C8H16N4/c1-11-6-7-2-4-12(5-3-7)8(9)10/h7H,1-6H2,(H3,9,10). The first-order chi connectivity index (χ1) is 5.74. The Hall–Kier alpha value is -1.06. The highest BCUT2D eigenvalue weighted by Gasteiger charge is 2.18. The van der Waals surface area contributed by atoms with Crippen LogP contribution < -0.4 is 5.73 Å². The van der Waals surface area contributed by atoms with Gasteiger partial charge in [-0.15, -0.1) is 0 Å². The quantitative estimate of drug-likeness (QED) is 0.460. The second kappa shape index (κ2) is 4.09. The van der Waals surface area contributed by atoms with Gasteiger partial charge >= 0.3 is 0 Å². The highest BCUT2D eigenvalue weighted by Crippen LogP contribution is 2.16. The molecule has 4 nitrogen and oxygen atoms in total. The topological polar surface area (TPSA) is 65.5 Å². The number of hydrogen-bond acceptors (Lipinski definition) is 2. The molecule has 1 fully saturated rings. The van der Waals surface area contributed by atoms with Crippen LogP contribution in [0.4, 0.5) is 0 Å². The Morgan fingerprint density at radius 1 is 1.58 bits per heavy atom. The maximum Gasteiger partial charge on any atom is 0.188 e. The van der Waals surface area contributed by atoms with Crippen LogP contribution in [-0.2, 0) is 0 Å². The minimum Gasteiger partial charge on any atom is -0.370 e. The molecular formula is C8H16N4. The van der Waals surface area contributed by atoms with E-state index in [1.165, 1.54) is 0 Å². The minimum atomic E-state index is 0.194. The molecule has 0 bridgehead atoms. The second-order valence-electron chi connectivity index (χ2n) is 3.22. The largest absolute Gasteiger partial charge is 0.370 e. The number of hydrogen-bond donors (Lipinski definition) is 2. The lowest BCUT2D eigenvalue weighted by Gasteiger charge is -2.31. The molecule has 1 aliphatic rings. The first-order valence-corrected chi connectivity index (χ1v) is 4.25. The highest BCUT2D eigenvalue weighted by atomic mass is 15.2. The fourth-order valence-corrected chi connectivity index (χ4v) is 1.54. The lowest BCUT2D eigenvalue weighted by atomic mass is 9.97. The van der Waals surface area contributed by atoms with E-state index in [2.05, 4.69) is 11.7 Å². The predicted molar refractivity (Wildman–Crippen MR) is 50.6 cm³/mol. The monoisotopic (exact) mass is 168 g/mol. The lowest BCUT2D eigenvalue weighted by Crippen LogP contribution is -2.42. The van der Waals surface area contributed by atoms with Crippen molar-refractivity contribution in [3.05, 3.63) is 0 Å². The van der Waals surface area contributed by atoms with Gasteiger partial charge in [0.05, 0.1) is 0 Å². The van der Waals surface area contributed by atoms with E-state index in [1.54, 1.807) is 0 Å². The fraction of sp³-hybridized carbons (Fsp3) is 0.750. The molecule has 0 spiro atoms. The summed E-state index contributed by atoms with van der Waals surface area (Å²) in [6, 6.07) is 0. The maximum atomic E-state index is 7.22. The summed E-state index contributed by atoms with van der Waals surface area (Å²) in [5.74, 6) is 0.845. The molecule has 68 valence electrons. The molecule has 0 radical (unpaired) electrons. The molecule has 0 aromatic carbocycles. The van der Waals surface area contributed by atoms with Gasteiger partial charge in [0.2, 0.25) is 0 Å².